The Morgan fingerprint density at radius 1 is 1.11 bits per heavy atom. The van der Waals surface area contributed by atoms with E-state index in [1.807, 2.05) is 7.05 Å². The number of thiazole rings is 1. The van der Waals surface area contributed by atoms with Gasteiger partial charge < -0.3 is 5.32 Å². The zero-order valence-corrected chi connectivity index (χ0v) is 12.5. The smallest absolute Gasteiger partial charge is 0.124 e. The summed E-state index contributed by atoms with van der Waals surface area (Å²) in [5.41, 5.74) is 6.42. The van der Waals surface area contributed by atoms with E-state index in [2.05, 4.69) is 45.1 Å². The van der Waals surface area contributed by atoms with Crippen LogP contribution in [0, 0.1) is 27.7 Å². The summed E-state index contributed by atoms with van der Waals surface area (Å²) in [6.45, 7) is 9.47. The fraction of sp³-hybridized carbons (Fsp3) is 0.400. The molecule has 2 rings (SSSR count). The van der Waals surface area contributed by atoms with E-state index >= 15 is 0 Å². The quantitative estimate of drug-likeness (QED) is 0.909. The number of nitrogens with zero attached hydrogens (tertiary/aromatic N) is 1. The zero-order valence-electron chi connectivity index (χ0n) is 11.7. The van der Waals surface area contributed by atoms with Crippen LogP contribution in [0.3, 0.4) is 0 Å². The number of nitrogens with one attached hydrogen (secondary N) is 1. The maximum absolute atomic E-state index is 4.78. The Morgan fingerprint density at radius 2 is 1.72 bits per heavy atom. The van der Waals surface area contributed by atoms with Gasteiger partial charge in [-0.15, -0.1) is 11.3 Å². The molecule has 1 aromatic heterocycles. The summed E-state index contributed by atoms with van der Waals surface area (Å²) in [4.78, 5) is 6.08. The summed E-state index contributed by atoms with van der Waals surface area (Å²) in [6, 6.07) is 4.47. The zero-order chi connectivity index (χ0) is 13.3. The van der Waals surface area contributed by atoms with E-state index < -0.39 is 0 Å². The largest absolute Gasteiger partial charge is 0.314 e. The maximum Gasteiger partial charge on any atom is 0.124 e. The van der Waals surface area contributed by atoms with Gasteiger partial charge in [0.25, 0.3) is 0 Å². The van der Waals surface area contributed by atoms with Crippen molar-refractivity contribution in [3.8, 4) is 10.6 Å². The number of benzene rings is 1. The highest BCUT2D eigenvalue weighted by Crippen LogP contribution is 2.33. The first-order chi connectivity index (χ1) is 8.52. The van der Waals surface area contributed by atoms with Crippen molar-refractivity contribution in [3.05, 3.63) is 39.4 Å². The topological polar surface area (TPSA) is 24.9 Å². The molecular formula is C15H20N2S. The SMILES string of the molecule is CNCc1nc(-c2c(C)cc(C)cc2C)sc1C. The number of rotatable bonds is 3. The average Bonchev–Trinajstić information content (AvgIpc) is 2.59. The second-order valence-electron chi connectivity index (χ2n) is 4.83. The van der Waals surface area contributed by atoms with Crippen LogP contribution in [0.1, 0.15) is 27.3 Å². The van der Waals surface area contributed by atoms with Crippen LogP contribution in [0.15, 0.2) is 12.1 Å². The molecule has 0 radical (unpaired) electrons. The summed E-state index contributed by atoms with van der Waals surface area (Å²) in [5, 5.41) is 4.32. The first kappa shape index (κ1) is 13.2. The van der Waals surface area contributed by atoms with Crippen LogP contribution in [-0.4, -0.2) is 12.0 Å². The van der Waals surface area contributed by atoms with Gasteiger partial charge in [0.2, 0.25) is 0 Å². The van der Waals surface area contributed by atoms with Gasteiger partial charge in [-0.3, -0.25) is 0 Å². The van der Waals surface area contributed by atoms with Crippen molar-refractivity contribution in [2.24, 2.45) is 0 Å². The van der Waals surface area contributed by atoms with E-state index in [1.165, 1.54) is 27.1 Å². The van der Waals surface area contributed by atoms with Gasteiger partial charge in [-0.2, -0.15) is 0 Å². The van der Waals surface area contributed by atoms with Gasteiger partial charge in [0.15, 0.2) is 0 Å². The molecule has 0 atom stereocenters. The molecule has 0 saturated carbocycles. The van der Waals surface area contributed by atoms with E-state index in [9.17, 15) is 0 Å². The Balaban J connectivity index is 2.52. The summed E-state index contributed by atoms with van der Waals surface area (Å²) in [5.74, 6) is 0. The summed E-state index contributed by atoms with van der Waals surface area (Å²) in [6.07, 6.45) is 0. The molecule has 2 aromatic rings. The van der Waals surface area contributed by atoms with Gasteiger partial charge in [-0.25, -0.2) is 4.98 Å². The summed E-state index contributed by atoms with van der Waals surface area (Å²) >= 11 is 1.79. The molecule has 0 amide bonds. The van der Waals surface area contributed by atoms with E-state index in [1.54, 1.807) is 11.3 Å². The molecule has 0 saturated heterocycles. The van der Waals surface area contributed by atoms with Crippen molar-refractivity contribution in [3.63, 3.8) is 0 Å². The molecule has 96 valence electrons. The molecule has 3 heteroatoms. The lowest BCUT2D eigenvalue weighted by Gasteiger charge is -2.08. The molecular weight excluding hydrogens is 240 g/mol. The molecule has 0 aliphatic heterocycles. The molecule has 0 bridgehead atoms. The second kappa shape index (κ2) is 5.21. The molecule has 0 spiro atoms. The van der Waals surface area contributed by atoms with Gasteiger partial charge >= 0.3 is 0 Å². The van der Waals surface area contributed by atoms with Gasteiger partial charge in [0, 0.05) is 17.0 Å². The molecule has 0 unspecified atom stereocenters. The molecule has 1 aromatic carbocycles. The Morgan fingerprint density at radius 3 is 2.28 bits per heavy atom. The van der Waals surface area contributed by atoms with Crippen molar-refractivity contribution in [2.75, 3.05) is 7.05 Å². The van der Waals surface area contributed by atoms with Crippen LogP contribution in [-0.2, 0) is 6.54 Å². The minimum Gasteiger partial charge on any atom is -0.314 e. The Bertz CT molecular complexity index is 547. The predicted octanol–water partition coefficient (Wildman–Crippen LogP) is 3.76. The first-order valence-electron chi connectivity index (χ1n) is 6.22. The third kappa shape index (κ3) is 2.47. The molecule has 1 heterocycles. The van der Waals surface area contributed by atoms with E-state index in [0.29, 0.717) is 0 Å². The third-order valence-corrected chi connectivity index (χ3v) is 4.16. The number of hydrogen-bond acceptors (Lipinski definition) is 3. The maximum atomic E-state index is 4.78. The van der Waals surface area contributed by atoms with Gasteiger partial charge in [0.05, 0.1) is 5.69 Å². The standard InChI is InChI=1S/C15H20N2S/c1-9-6-10(2)14(11(3)7-9)15-17-13(8-16-5)12(4)18-15/h6-7,16H,8H2,1-5H3. The van der Waals surface area contributed by atoms with Crippen LogP contribution >= 0.6 is 11.3 Å². The number of aryl methyl sites for hydroxylation is 4. The number of aromatic nitrogens is 1. The third-order valence-electron chi connectivity index (χ3n) is 3.13. The van der Waals surface area contributed by atoms with Crippen molar-refractivity contribution < 1.29 is 0 Å². The molecule has 2 nitrogen and oxygen atoms in total. The van der Waals surface area contributed by atoms with Crippen LogP contribution < -0.4 is 5.32 Å². The van der Waals surface area contributed by atoms with Crippen molar-refractivity contribution in [1.82, 2.24) is 10.3 Å². The Hall–Kier alpha value is -1.19. The Labute approximate surface area is 113 Å². The lowest BCUT2D eigenvalue weighted by molar-refractivity contribution is 0.793. The van der Waals surface area contributed by atoms with Crippen LogP contribution in [0.4, 0.5) is 0 Å². The fourth-order valence-electron chi connectivity index (χ4n) is 2.38. The van der Waals surface area contributed by atoms with Gasteiger partial charge in [0.1, 0.15) is 5.01 Å². The lowest BCUT2D eigenvalue weighted by atomic mass is 10.0. The molecule has 0 aliphatic carbocycles. The van der Waals surface area contributed by atoms with Crippen LogP contribution in [0.25, 0.3) is 10.6 Å². The minimum atomic E-state index is 0.840. The predicted molar refractivity (Wildman–Crippen MR) is 79.3 cm³/mol. The molecule has 0 aliphatic rings. The van der Waals surface area contributed by atoms with E-state index in [-0.39, 0.29) is 0 Å². The first-order valence-corrected chi connectivity index (χ1v) is 7.03. The summed E-state index contributed by atoms with van der Waals surface area (Å²) < 4.78 is 0. The van der Waals surface area contributed by atoms with Crippen molar-refractivity contribution in [1.29, 1.82) is 0 Å². The van der Waals surface area contributed by atoms with Crippen molar-refractivity contribution in [2.45, 2.75) is 34.2 Å². The minimum absolute atomic E-state index is 0.840. The normalized spacial score (nSPS) is 10.9. The van der Waals surface area contributed by atoms with Gasteiger partial charge in [-0.05, 0) is 45.9 Å². The lowest BCUT2D eigenvalue weighted by Crippen LogP contribution is -2.06. The van der Waals surface area contributed by atoms with Gasteiger partial charge in [-0.1, -0.05) is 17.7 Å². The Kier molecular flexibility index (Phi) is 3.83. The number of hydrogen-bond donors (Lipinski definition) is 1. The van der Waals surface area contributed by atoms with Crippen LogP contribution in [0.2, 0.25) is 0 Å². The molecule has 0 fully saturated rings. The monoisotopic (exact) mass is 260 g/mol. The summed E-state index contributed by atoms with van der Waals surface area (Å²) in [7, 11) is 1.96. The van der Waals surface area contributed by atoms with Crippen molar-refractivity contribution >= 4 is 11.3 Å². The highest BCUT2D eigenvalue weighted by atomic mass is 32.1. The second-order valence-corrected chi connectivity index (χ2v) is 6.03. The molecule has 1 N–H and O–H groups in total. The molecule has 18 heavy (non-hydrogen) atoms. The van der Waals surface area contributed by atoms with E-state index in [4.69, 9.17) is 4.98 Å². The fourth-order valence-corrected chi connectivity index (χ4v) is 3.49. The average molecular weight is 260 g/mol. The van der Waals surface area contributed by atoms with E-state index in [0.717, 1.165) is 17.2 Å². The van der Waals surface area contributed by atoms with Crippen LogP contribution in [0.5, 0.6) is 0 Å². The highest BCUT2D eigenvalue weighted by molar-refractivity contribution is 7.15. The highest BCUT2D eigenvalue weighted by Gasteiger charge is 2.13.